The third-order valence-corrected chi connectivity index (χ3v) is 4.56. The van der Waals surface area contributed by atoms with Crippen molar-refractivity contribution in [3.8, 4) is 0 Å². The highest BCUT2D eigenvalue weighted by atomic mass is 32.1. The molecule has 0 bridgehead atoms. The molecular weight excluding hydrogens is 244 g/mol. The SMILES string of the molecule is COCC(NC(C)C)(c1nc(C)c(C)s1)C(C)C. The average Bonchev–Trinajstić information content (AvgIpc) is 2.57. The van der Waals surface area contributed by atoms with Crippen molar-refractivity contribution in [2.45, 2.75) is 53.1 Å². The quantitative estimate of drug-likeness (QED) is 0.861. The number of nitrogens with one attached hydrogen (secondary N) is 1. The molecule has 18 heavy (non-hydrogen) atoms. The van der Waals surface area contributed by atoms with Gasteiger partial charge in [-0.25, -0.2) is 4.98 Å². The Morgan fingerprint density at radius 2 is 1.89 bits per heavy atom. The van der Waals surface area contributed by atoms with Crippen molar-refractivity contribution in [1.82, 2.24) is 10.3 Å². The second-order valence-electron chi connectivity index (χ2n) is 5.52. The van der Waals surface area contributed by atoms with Gasteiger partial charge in [-0.2, -0.15) is 0 Å². The van der Waals surface area contributed by atoms with Crippen LogP contribution < -0.4 is 5.32 Å². The Kier molecular flexibility index (Phi) is 5.32. The van der Waals surface area contributed by atoms with Crippen LogP contribution in [0, 0.1) is 19.8 Å². The van der Waals surface area contributed by atoms with Gasteiger partial charge < -0.3 is 10.1 Å². The predicted molar refractivity (Wildman–Crippen MR) is 78.3 cm³/mol. The van der Waals surface area contributed by atoms with Crippen molar-refractivity contribution >= 4 is 11.3 Å². The van der Waals surface area contributed by atoms with E-state index in [2.05, 4.69) is 46.9 Å². The minimum absolute atomic E-state index is 0.188. The van der Waals surface area contributed by atoms with Gasteiger partial charge in [0, 0.05) is 18.0 Å². The molecule has 4 heteroatoms. The summed E-state index contributed by atoms with van der Waals surface area (Å²) in [7, 11) is 1.76. The average molecular weight is 270 g/mol. The van der Waals surface area contributed by atoms with E-state index in [4.69, 9.17) is 9.72 Å². The van der Waals surface area contributed by atoms with E-state index in [1.54, 1.807) is 18.4 Å². The first kappa shape index (κ1) is 15.6. The minimum atomic E-state index is -0.188. The van der Waals surface area contributed by atoms with Crippen molar-refractivity contribution in [2.75, 3.05) is 13.7 Å². The number of aryl methyl sites for hydroxylation is 2. The maximum Gasteiger partial charge on any atom is 0.116 e. The molecule has 0 aromatic carbocycles. The molecule has 1 aromatic heterocycles. The summed E-state index contributed by atoms with van der Waals surface area (Å²) in [5.74, 6) is 0.421. The van der Waals surface area contributed by atoms with Crippen molar-refractivity contribution in [3.05, 3.63) is 15.6 Å². The van der Waals surface area contributed by atoms with Gasteiger partial charge in [-0.05, 0) is 33.6 Å². The standard InChI is InChI=1S/C14H26N2OS/c1-9(2)14(8-17-7,16-10(3)4)13-15-11(5)12(6)18-13/h9-10,16H,8H2,1-7H3. The molecule has 0 spiro atoms. The number of methoxy groups -OCH3 is 1. The van der Waals surface area contributed by atoms with Crippen LogP contribution in [0.5, 0.6) is 0 Å². The van der Waals surface area contributed by atoms with Crippen molar-refractivity contribution in [1.29, 1.82) is 0 Å². The maximum absolute atomic E-state index is 5.48. The van der Waals surface area contributed by atoms with Gasteiger partial charge in [0.05, 0.1) is 17.8 Å². The molecule has 1 rings (SSSR count). The number of thiazole rings is 1. The lowest BCUT2D eigenvalue weighted by atomic mass is 9.86. The molecule has 1 atom stereocenters. The van der Waals surface area contributed by atoms with E-state index in [9.17, 15) is 0 Å². The molecular formula is C14H26N2OS. The van der Waals surface area contributed by atoms with Crippen LogP contribution in [0.25, 0.3) is 0 Å². The first-order chi connectivity index (χ1) is 8.33. The van der Waals surface area contributed by atoms with Crippen molar-refractivity contribution in [3.63, 3.8) is 0 Å². The van der Waals surface area contributed by atoms with Gasteiger partial charge in [0.15, 0.2) is 0 Å². The van der Waals surface area contributed by atoms with Crippen LogP contribution in [0.4, 0.5) is 0 Å². The third kappa shape index (κ3) is 3.11. The summed E-state index contributed by atoms with van der Waals surface area (Å²) in [6, 6.07) is 0.395. The van der Waals surface area contributed by atoms with Gasteiger partial charge in [-0.15, -0.1) is 11.3 Å². The number of ether oxygens (including phenoxy) is 1. The third-order valence-electron chi connectivity index (χ3n) is 3.31. The normalized spacial score (nSPS) is 15.4. The van der Waals surface area contributed by atoms with E-state index in [0.717, 1.165) is 10.7 Å². The molecule has 0 radical (unpaired) electrons. The highest BCUT2D eigenvalue weighted by Gasteiger charge is 2.39. The lowest BCUT2D eigenvalue weighted by molar-refractivity contribution is 0.0697. The summed E-state index contributed by atoms with van der Waals surface area (Å²) in [5.41, 5.74) is 0.939. The zero-order valence-corrected chi connectivity index (χ0v) is 13.4. The zero-order chi connectivity index (χ0) is 13.9. The number of hydrogen-bond acceptors (Lipinski definition) is 4. The summed E-state index contributed by atoms with van der Waals surface area (Å²) in [6.45, 7) is 13.6. The number of hydrogen-bond donors (Lipinski definition) is 1. The van der Waals surface area contributed by atoms with Crippen LogP contribution in [0.1, 0.15) is 43.3 Å². The molecule has 0 amide bonds. The lowest BCUT2D eigenvalue weighted by Gasteiger charge is -2.38. The molecule has 0 saturated carbocycles. The van der Waals surface area contributed by atoms with Gasteiger partial charge in [0.2, 0.25) is 0 Å². The Labute approximate surface area is 115 Å². The molecule has 1 unspecified atom stereocenters. The van der Waals surface area contributed by atoms with E-state index >= 15 is 0 Å². The molecule has 104 valence electrons. The van der Waals surface area contributed by atoms with Crippen LogP contribution >= 0.6 is 11.3 Å². The summed E-state index contributed by atoms with van der Waals surface area (Å²) in [6.07, 6.45) is 0. The zero-order valence-electron chi connectivity index (χ0n) is 12.6. The first-order valence-corrected chi connectivity index (χ1v) is 7.36. The van der Waals surface area contributed by atoms with Crippen LogP contribution in [0.2, 0.25) is 0 Å². The molecule has 1 N–H and O–H groups in total. The smallest absolute Gasteiger partial charge is 0.116 e. The number of nitrogens with zero attached hydrogens (tertiary/aromatic N) is 1. The largest absolute Gasteiger partial charge is 0.382 e. The summed E-state index contributed by atoms with van der Waals surface area (Å²) >= 11 is 1.78. The molecule has 1 heterocycles. The molecule has 0 aliphatic heterocycles. The number of aromatic nitrogens is 1. The van der Waals surface area contributed by atoms with Gasteiger partial charge in [-0.3, -0.25) is 0 Å². The molecule has 1 aromatic rings. The molecule has 0 aliphatic rings. The fourth-order valence-electron chi connectivity index (χ4n) is 2.15. The minimum Gasteiger partial charge on any atom is -0.382 e. The van der Waals surface area contributed by atoms with Crippen molar-refractivity contribution in [2.24, 2.45) is 5.92 Å². The summed E-state index contributed by atoms with van der Waals surface area (Å²) in [5, 5.41) is 4.82. The Morgan fingerprint density at radius 1 is 1.28 bits per heavy atom. The Morgan fingerprint density at radius 3 is 2.22 bits per heavy atom. The van der Waals surface area contributed by atoms with Crippen LogP contribution in [0.15, 0.2) is 0 Å². The van der Waals surface area contributed by atoms with Gasteiger partial charge >= 0.3 is 0 Å². The van der Waals surface area contributed by atoms with E-state index < -0.39 is 0 Å². The maximum atomic E-state index is 5.48. The second-order valence-corrected chi connectivity index (χ2v) is 6.72. The Bertz CT molecular complexity index is 368. The van der Waals surface area contributed by atoms with Crippen LogP contribution in [0.3, 0.4) is 0 Å². The van der Waals surface area contributed by atoms with E-state index in [0.29, 0.717) is 18.6 Å². The fourth-order valence-corrected chi connectivity index (χ4v) is 3.35. The second kappa shape index (κ2) is 6.13. The van der Waals surface area contributed by atoms with Crippen molar-refractivity contribution < 1.29 is 4.74 Å². The van der Waals surface area contributed by atoms with Gasteiger partial charge in [-0.1, -0.05) is 13.8 Å². The van der Waals surface area contributed by atoms with E-state index in [-0.39, 0.29) is 5.54 Å². The van der Waals surface area contributed by atoms with Gasteiger partial charge in [0.1, 0.15) is 5.01 Å². The van der Waals surface area contributed by atoms with Gasteiger partial charge in [0.25, 0.3) is 0 Å². The Hall–Kier alpha value is -0.450. The van der Waals surface area contributed by atoms with E-state index in [1.807, 2.05) is 0 Å². The highest BCUT2D eigenvalue weighted by Crippen LogP contribution is 2.34. The van der Waals surface area contributed by atoms with Crippen LogP contribution in [-0.4, -0.2) is 24.7 Å². The first-order valence-electron chi connectivity index (χ1n) is 6.54. The predicted octanol–water partition coefficient (Wildman–Crippen LogP) is 3.26. The molecule has 3 nitrogen and oxygen atoms in total. The summed E-state index contributed by atoms with van der Waals surface area (Å²) < 4.78 is 5.48. The van der Waals surface area contributed by atoms with Crippen LogP contribution in [-0.2, 0) is 10.3 Å². The molecule has 0 fully saturated rings. The molecule has 0 saturated heterocycles. The fraction of sp³-hybridized carbons (Fsp3) is 0.786. The Balaban J connectivity index is 3.23. The monoisotopic (exact) mass is 270 g/mol. The summed E-state index contributed by atoms with van der Waals surface area (Å²) in [4.78, 5) is 6.04. The molecule has 0 aliphatic carbocycles. The number of rotatable bonds is 6. The van der Waals surface area contributed by atoms with E-state index in [1.165, 1.54) is 4.88 Å². The topological polar surface area (TPSA) is 34.1 Å². The lowest BCUT2D eigenvalue weighted by Crippen LogP contribution is -2.53. The highest BCUT2D eigenvalue weighted by molar-refractivity contribution is 7.11.